The van der Waals surface area contributed by atoms with E-state index in [1.807, 2.05) is 0 Å². The van der Waals surface area contributed by atoms with Crippen molar-refractivity contribution in [3.8, 4) is 17.2 Å². The van der Waals surface area contributed by atoms with E-state index in [9.17, 15) is 14.9 Å². The molecule has 0 fully saturated rings. The zero-order valence-corrected chi connectivity index (χ0v) is 15.3. The molecule has 2 aromatic rings. The van der Waals surface area contributed by atoms with Crippen LogP contribution >= 0.6 is 0 Å². The molecule has 0 aromatic heterocycles. The number of carbonyl (C=O) groups excluding carboxylic acids is 1. The Bertz CT molecular complexity index is 895. The van der Waals surface area contributed by atoms with E-state index >= 15 is 0 Å². The van der Waals surface area contributed by atoms with Gasteiger partial charge in [-0.2, -0.15) is 5.10 Å². The third kappa shape index (κ3) is 4.51. The summed E-state index contributed by atoms with van der Waals surface area (Å²) in [4.78, 5) is 22.5. The average molecular weight is 373 g/mol. The largest absolute Gasteiger partial charge is 0.496 e. The predicted molar refractivity (Wildman–Crippen MR) is 99.0 cm³/mol. The third-order valence-electron chi connectivity index (χ3n) is 3.76. The average Bonchev–Trinajstić information content (AvgIpc) is 2.66. The van der Waals surface area contributed by atoms with E-state index in [-0.39, 0.29) is 11.3 Å². The Morgan fingerprint density at radius 2 is 1.70 bits per heavy atom. The van der Waals surface area contributed by atoms with Crippen molar-refractivity contribution in [1.29, 1.82) is 0 Å². The van der Waals surface area contributed by atoms with Crippen LogP contribution < -0.4 is 19.6 Å². The lowest BCUT2D eigenvalue weighted by Crippen LogP contribution is -2.17. The van der Waals surface area contributed by atoms with E-state index in [1.165, 1.54) is 45.7 Å². The Kier molecular flexibility index (Phi) is 6.32. The Hall–Kier alpha value is -3.62. The summed E-state index contributed by atoms with van der Waals surface area (Å²) in [5.74, 6) is 0.967. The van der Waals surface area contributed by atoms with Crippen molar-refractivity contribution in [3.05, 3.63) is 57.1 Å². The number of hydrogen-bond donors (Lipinski definition) is 1. The summed E-state index contributed by atoms with van der Waals surface area (Å²) >= 11 is 0. The Labute approximate surface area is 155 Å². The molecule has 142 valence electrons. The molecule has 2 rings (SSSR count). The number of benzene rings is 2. The second-order valence-electron chi connectivity index (χ2n) is 5.41. The molecule has 0 heterocycles. The molecule has 0 bridgehead atoms. The standard InChI is InChI=1S/C18H19N3O6/c1-11-7-12(5-6-14(11)21(23)24)18(22)20-19-10-13-8-16(26-3)17(27-4)9-15(13)25-2/h5-10H,1-4H3,(H,20,22). The third-order valence-corrected chi connectivity index (χ3v) is 3.76. The molecule has 0 radical (unpaired) electrons. The van der Waals surface area contributed by atoms with Gasteiger partial charge in [0, 0.05) is 28.8 Å². The Morgan fingerprint density at radius 3 is 2.26 bits per heavy atom. The van der Waals surface area contributed by atoms with E-state index in [0.717, 1.165) is 0 Å². The fourth-order valence-corrected chi connectivity index (χ4v) is 2.38. The number of nitrogens with zero attached hydrogens (tertiary/aromatic N) is 2. The van der Waals surface area contributed by atoms with Gasteiger partial charge in [-0.15, -0.1) is 0 Å². The van der Waals surface area contributed by atoms with Crippen molar-refractivity contribution in [2.75, 3.05) is 21.3 Å². The second kappa shape index (κ2) is 8.65. The van der Waals surface area contributed by atoms with Crippen LogP contribution in [-0.4, -0.2) is 38.4 Å². The number of methoxy groups -OCH3 is 3. The number of aryl methyl sites for hydroxylation is 1. The van der Waals surface area contributed by atoms with Crippen LogP contribution in [0.1, 0.15) is 21.5 Å². The first-order chi connectivity index (χ1) is 12.9. The van der Waals surface area contributed by atoms with Crippen molar-refractivity contribution >= 4 is 17.8 Å². The first-order valence-electron chi connectivity index (χ1n) is 7.79. The fraction of sp³-hybridized carbons (Fsp3) is 0.222. The van der Waals surface area contributed by atoms with Gasteiger partial charge in [-0.1, -0.05) is 0 Å². The molecule has 0 spiro atoms. The Morgan fingerprint density at radius 1 is 1.07 bits per heavy atom. The van der Waals surface area contributed by atoms with Gasteiger partial charge in [0.1, 0.15) is 5.75 Å². The van der Waals surface area contributed by atoms with Crippen molar-refractivity contribution in [2.45, 2.75) is 6.92 Å². The molecule has 1 N–H and O–H groups in total. The lowest BCUT2D eigenvalue weighted by molar-refractivity contribution is -0.385. The van der Waals surface area contributed by atoms with Crippen LogP contribution in [0.15, 0.2) is 35.4 Å². The van der Waals surface area contributed by atoms with Gasteiger partial charge in [0.25, 0.3) is 11.6 Å². The minimum absolute atomic E-state index is 0.0508. The van der Waals surface area contributed by atoms with E-state index in [2.05, 4.69) is 10.5 Å². The highest BCUT2D eigenvalue weighted by molar-refractivity contribution is 5.95. The molecule has 0 unspecified atom stereocenters. The minimum atomic E-state index is -0.501. The van der Waals surface area contributed by atoms with Crippen LogP contribution in [0.2, 0.25) is 0 Å². The topological polar surface area (TPSA) is 112 Å². The van der Waals surface area contributed by atoms with Gasteiger partial charge < -0.3 is 14.2 Å². The molecule has 27 heavy (non-hydrogen) atoms. The van der Waals surface area contributed by atoms with Crippen molar-refractivity contribution in [2.24, 2.45) is 5.10 Å². The van der Waals surface area contributed by atoms with Crippen LogP contribution in [-0.2, 0) is 0 Å². The molecule has 0 saturated carbocycles. The molecule has 0 atom stereocenters. The summed E-state index contributed by atoms with van der Waals surface area (Å²) in [6.07, 6.45) is 1.40. The van der Waals surface area contributed by atoms with Crippen LogP contribution in [0.25, 0.3) is 0 Å². The summed E-state index contributed by atoms with van der Waals surface area (Å²) in [5.41, 5.74) is 3.53. The SMILES string of the molecule is COc1cc(OC)c(OC)cc1C=NNC(=O)c1ccc([N+](=O)[O-])c(C)c1. The summed E-state index contributed by atoms with van der Waals surface area (Å²) in [7, 11) is 4.51. The summed E-state index contributed by atoms with van der Waals surface area (Å²) in [5, 5.41) is 14.8. The maximum absolute atomic E-state index is 12.2. The number of hydrogen-bond acceptors (Lipinski definition) is 7. The first-order valence-corrected chi connectivity index (χ1v) is 7.79. The molecule has 0 saturated heterocycles. The number of nitro groups is 1. The summed E-state index contributed by atoms with van der Waals surface area (Å²) in [6, 6.07) is 7.38. The maximum atomic E-state index is 12.2. The van der Waals surface area contributed by atoms with Crippen LogP contribution in [0.4, 0.5) is 5.69 Å². The van der Waals surface area contributed by atoms with Crippen molar-refractivity contribution in [3.63, 3.8) is 0 Å². The molecule has 2 aromatic carbocycles. The van der Waals surface area contributed by atoms with Gasteiger partial charge in [-0.05, 0) is 25.1 Å². The number of nitro benzene ring substituents is 1. The van der Waals surface area contributed by atoms with E-state index < -0.39 is 10.8 Å². The highest BCUT2D eigenvalue weighted by Crippen LogP contribution is 2.33. The van der Waals surface area contributed by atoms with Gasteiger partial charge >= 0.3 is 0 Å². The van der Waals surface area contributed by atoms with Gasteiger partial charge in [-0.25, -0.2) is 5.43 Å². The normalized spacial score (nSPS) is 10.5. The fourth-order valence-electron chi connectivity index (χ4n) is 2.38. The molecule has 0 aliphatic carbocycles. The number of amides is 1. The molecular weight excluding hydrogens is 354 g/mol. The zero-order valence-electron chi connectivity index (χ0n) is 15.3. The number of nitrogens with one attached hydrogen (secondary N) is 1. The highest BCUT2D eigenvalue weighted by Gasteiger charge is 2.14. The lowest BCUT2D eigenvalue weighted by Gasteiger charge is -2.11. The molecule has 0 aliphatic rings. The summed E-state index contributed by atoms with van der Waals surface area (Å²) < 4.78 is 15.7. The number of hydrazone groups is 1. The molecule has 0 aliphatic heterocycles. The lowest BCUT2D eigenvalue weighted by atomic mass is 10.1. The Balaban J connectivity index is 2.18. The summed E-state index contributed by atoms with van der Waals surface area (Å²) in [6.45, 7) is 1.56. The number of carbonyl (C=O) groups is 1. The zero-order chi connectivity index (χ0) is 20.0. The quantitative estimate of drug-likeness (QED) is 0.454. The maximum Gasteiger partial charge on any atom is 0.272 e. The van der Waals surface area contributed by atoms with Crippen LogP contribution in [0, 0.1) is 17.0 Å². The smallest absolute Gasteiger partial charge is 0.272 e. The number of rotatable bonds is 7. The highest BCUT2D eigenvalue weighted by atomic mass is 16.6. The monoisotopic (exact) mass is 373 g/mol. The molecule has 9 nitrogen and oxygen atoms in total. The van der Waals surface area contributed by atoms with Gasteiger partial charge in [-0.3, -0.25) is 14.9 Å². The van der Waals surface area contributed by atoms with Crippen molar-refractivity contribution < 1.29 is 23.9 Å². The van der Waals surface area contributed by atoms with Gasteiger partial charge in [0.15, 0.2) is 11.5 Å². The molecular formula is C18H19N3O6. The second-order valence-corrected chi connectivity index (χ2v) is 5.41. The van der Waals surface area contributed by atoms with Gasteiger partial charge in [0.05, 0.1) is 32.5 Å². The first kappa shape index (κ1) is 19.7. The minimum Gasteiger partial charge on any atom is -0.496 e. The van der Waals surface area contributed by atoms with Crippen LogP contribution in [0.5, 0.6) is 17.2 Å². The van der Waals surface area contributed by atoms with Crippen LogP contribution in [0.3, 0.4) is 0 Å². The van der Waals surface area contributed by atoms with E-state index in [1.54, 1.807) is 19.1 Å². The predicted octanol–water partition coefficient (Wildman–Crippen LogP) is 2.69. The van der Waals surface area contributed by atoms with E-state index in [4.69, 9.17) is 14.2 Å². The van der Waals surface area contributed by atoms with E-state index in [0.29, 0.717) is 28.4 Å². The number of ether oxygens (including phenoxy) is 3. The van der Waals surface area contributed by atoms with Crippen molar-refractivity contribution in [1.82, 2.24) is 5.43 Å². The molecule has 9 heteroatoms. The molecule has 1 amide bonds. The van der Waals surface area contributed by atoms with Gasteiger partial charge in [0.2, 0.25) is 0 Å².